The molecule has 0 radical (unpaired) electrons. The van der Waals surface area contributed by atoms with Crippen molar-refractivity contribution in [1.82, 2.24) is 5.32 Å². The quantitative estimate of drug-likeness (QED) is 0.378. The van der Waals surface area contributed by atoms with Crippen LogP contribution in [0.25, 0.3) is 6.08 Å². The van der Waals surface area contributed by atoms with E-state index >= 15 is 0 Å². The lowest BCUT2D eigenvalue weighted by atomic mass is 10.1. The number of carboxylic acids is 1. The smallest absolute Gasteiger partial charge is 0.303 e. The Kier molecular flexibility index (Phi) is 8.71. The second kappa shape index (κ2) is 10.8. The van der Waals surface area contributed by atoms with Gasteiger partial charge in [-0.1, -0.05) is 12.5 Å². The van der Waals surface area contributed by atoms with Gasteiger partial charge in [-0.3, -0.25) is 9.59 Å². The Bertz CT molecular complexity index is 705. The van der Waals surface area contributed by atoms with Gasteiger partial charge in [-0.05, 0) is 36.6 Å². The monoisotopic (exact) mass is 359 g/mol. The van der Waals surface area contributed by atoms with Crippen LogP contribution in [0.5, 0.6) is 5.75 Å². The van der Waals surface area contributed by atoms with Gasteiger partial charge in [0.05, 0.1) is 12.8 Å². The predicted molar refractivity (Wildman–Crippen MR) is 100 cm³/mol. The first-order valence-corrected chi connectivity index (χ1v) is 8.36. The van der Waals surface area contributed by atoms with Gasteiger partial charge in [-0.2, -0.15) is 5.26 Å². The number of carbonyl (C=O) groups excluding carboxylic acids is 1. The van der Waals surface area contributed by atoms with E-state index in [1.165, 1.54) is 6.08 Å². The molecule has 0 saturated carbocycles. The van der Waals surface area contributed by atoms with Crippen LogP contribution in [-0.2, 0) is 9.59 Å². The van der Waals surface area contributed by atoms with Gasteiger partial charge in [0, 0.05) is 27.1 Å². The van der Waals surface area contributed by atoms with E-state index in [1.54, 1.807) is 19.2 Å². The van der Waals surface area contributed by atoms with Crippen molar-refractivity contribution in [2.75, 3.05) is 32.6 Å². The zero-order chi connectivity index (χ0) is 19.5. The zero-order valence-corrected chi connectivity index (χ0v) is 15.4. The van der Waals surface area contributed by atoms with Gasteiger partial charge in [-0.25, -0.2) is 0 Å². The number of carbonyl (C=O) groups is 2. The molecule has 0 aliphatic rings. The number of hydrogen-bond acceptors (Lipinski definition) is 5. The lowest BCUT2D eigenvalue weighted by Crippen LogP contribution is -2.25. The summed E-state index contributed by atoms with van der Waals surface area (Å²) in [5, 5.41) is 20.5. The Morgan fingerprint density at radius 1 is 1.31 bits per heavy atom. The molecule has 1 rings (SSSR count). The molecule has 0 bridgehead atoms. The third kappa shape index (κ3) is 6.85. The lowest BCUT2D eigenvalue weighted by Gasteiger charge is -2.17. The second-order valence-electron chi connectivity index (χ2n) is 5.96. The Morgan fingerprint density at radius 3 is 2.62 bits per heavy atom. The average molecular weight is 359 g/mol. The number of nitrogens with zero attached hydrogens (tertiary/aromatic N) is 2. The summed E-state index contributed by atoms with van der Waals surface area (Å²) in [6.07, 6.45) is 3.62. The minimum absolute atomic E-state index is 0.0189. The van der Waals surface area contributed by atoms with Gasteiger partial charge < -0.3 is 20.1 Å². The minimum atomic E-state index is -0.819. The molecule has 0 saturated heterocycles. The van der Waals surface area contributed by atoms with Crippen molar-refractivity contribution in [3.8, 4) is 11.8 Å². The molecule has 1 aromatic rings. The molecule has 7 nitrogen and oxygen atoms in total. The predicted octanol–water partition coefficient (Wildman–Crippen LogP) is 2.43. The first-order chi connectivity index (χ1) is 12.4. The number of nitrogens with one attached hydrogen (secondary N) is 1. The van der Waals surface area contributed by atoms with Gasteiger partial charge in [-0.15, -0.1) is 0 Å². The topological polar surface area (TPSA) is 103 Å². The van der Waals surface area contributed by atoms with Crippen LogP contribution in [0.4, 0.5) is 5.69 Å². The van der Waals surface area contributed by atoms with Gasteiger partial charge in [0.25, 0.3) is 5.91 Å². The van der Waals surface area contributed by atoms with E-state index in [9.17, 15) is 14.9 Å². The van der Waals surface area contributed by atoms with Gasteiger partial charge in [0.15, 0.2) is 0 Å². The van der Waals surface area contributed by atoms with Gasteiger partial charge in [0.2, 0.25) is 0 Å². The van der Waals surface area contributed by atoms with E-state index in [0.717, 1.165) is 11.3 Å². The molecule has 0 aliphatic heterocycles. The van der Waals surface area contributed by atoms with E-state index in [2.05, 4.69) is 5.32 Å². The molecule has 1 amide bonds. The summed E-state index contributed by atoms with van der Waals surface area (Å²) in [7, 11) is 5.35. The molecule has 0 heterocycles. The van der Waals surface area contributed by atoms with Crippen LogP contribution < -0.4 is 15.0 Å². The standard InChI is InChI=1S/C19H25N3O4/c1-22(2)16-12-14(8-9-17(16)26-3)11-15(13-20)19(25)21-10-6-4-5-7-18(23)24/h8-9,11-12H,4-7,10H2,1-3H3,(H,21,25)(H,23,24)/b15-11+. The first kappa shape index (κ1) is 21.0. The van der Waals surface area contributed by atoms with Crippen LogP contribution in [0.15, 0.2) is 23.8 Å². The maximum absolute atomic E-state index is 12.1. The highest BCUT2D eigenvalue weighted by atomic mass is 16.5. The molecule has 2 N–H and O–H groups in total. The summed E-state index contributed by atoms with van der Waals surface area (Å²) in [6.45, 7) is 0.406. The van der Waals surface area contributed by atoms with E-state index in [0.29, 0.717) is 31.6 Å². The highest BCUT2D eigenvalue weighted by Crippen LogP contribution is 2.28. The Hall–Kier alpha value is -3.01. The number of ether oxygens (including phenoxy) is 1. The fourth-order valence-electron chi connectivity index (χ4n) is 2.34. The largest absolute Gasteiger partial charge is 0.495 e. The normalized spacial score (nSPS) is 10.8. The SMILES string of the molecule is COc1ccc(/C=C(\C#N)C(=O)NCCCCCC(=O)O)cc1N(C)C. The number of benzene rings is 1. The van der Waals surface area contributed by atoms with Gasteiger partial charge >= 0.3 is 5.97 Å². The number of rotatable bonds is 10. The summed E-state index contributed by atoms with van der Waals surface area (Å²) in [5.74, 6) is -0.551. The molecule has 0 spiro atoms. The van der Waals surface area contributed by atoms with Crippen LogP contribution >= 0.6 is 0 Å². The van der Waals surface area contributed by atoms with Crippen molar-refractivity contribution in [2.24, 2.45) is 0 Å². The number of aliphatic carboxylic acids is 1. The van der Waals surface area contributed by atoms with E-state index in [4.69, 9.17) is 9.84 Å². The van der Waals surface area contributed by atoms with Crippen LogP contribution in [0.1, 0.15) is 31.2 Å². The third-order valence-corrected chi connectivity index (χ3v) is 3.71. The number of hydrogen-bond donors (Lipinski definition) is 2. The molecule has 140 valence electrons. The number of methoxy groups -OCH3 is 1. The molecular weight excluding hydrogens is 334 g/mol. The van der Waals surface area contributed by atoms with E-state index in [1.807, 2.05) is 31.1 Å². The Morgan fingerprint density at radius 2 is 2.04 bits per heavy atom. The van der Waals surface area contributed by atoms with Crippen LogP contribution in [0.3, 0.4) is 0 Å². The number of nitriles is 1. The fourth-order valence-corrected chi connectivity index (χ4v) is 2.34. The van der Waals surface area contributed by atoms with Crippen molar-refractivity contribution in [3.63, 3.8) is 0 Å². The Labute approximate surface area is 153 Å². The number of amides is 1. The first-order valence-electron chi connectivity index (χ1n) is 8.36. The molecule has 0 aromatic heterocycles. The molecule has 0 atom stereocenters. The van der Waals surface area contributed by atoms with Crippen molar-refractivity contribution in [1.29, 1.82) is 5.26 Å². The molecule has 0 aliphatic carbocycles. The van der Waals surface area contributed by atoms with E-state index in [-0.39, 0.29) is 12.0 Å². The second-order valence-corrected chi connectivity index (χ2v) is 5.96. The molecule has 0 unspecified atom stereocenters. The van der Waals surface area contributed by atoms with Crippen LogP contribution in [0.2, 0.25) is 0 Å². The number of anilines is 1. The molecular formula is C19H25N3O4. The van der Waals surface area contributed by atoms with Crippen molar-refractivity contribution < 1.29 is 19.4 Å². The Balaban J connectivity index is 2.69. The van der Waals surface area contributed by atoms with Crippen molar-refractivity contribution in [2.45, 2.75) is 25.7 Å². The lowest BCUT2D eigenvalue weighted by molar-refractivity contribution is -0.137. The molecule has 7 heteroatoms. The molecule has 0 fully saturated rings. The van der Waals surface area contributed by atoms with Gasteiger partial charge in [0.1, 0.15) is 17.4 Å². The van der Waals surface area contributed by atoms with Crippen LogP contribution in [-0.4, -0.2) is 44.7 Å². The van der Waals surface area contributed by atoms with E-state index < -0.39 is 11.9 Å². The maximum atomic E-state index is 12.1. The van der Waals surface area contributed by atoms with Crippen LogP contribution in [0, 0.1) is 11.3 Å². The fraction of sp³-hybridized carbons (Fsp3) is 0.421. The summed E-state index contributed by atoms with van der Waals surface area (Å²) in [5.41, 5.74) is 1.59. The summed E-state index contributed by atoms with van der Waals surface area (Å²) in [4.78, 5) is 24.4. The highest BCUT2D eigenvalue weighted by Gasteiger charge is 2.10. The summed E-state index contributed by atoms with van der Waals surface area (Å²) in [6, 6.07) is 7.33. The molecule has 1 aromatic carbocycles. The zero-order valence-electron chi connectivity index (χ0n) is 15.4. The number of carboxylic acid groups (broad SMARTS) is 1. The van der Waals surface area contributed by atoms with Crippen molar-refractivity contribution in [3.05, 3.63) is 29.3 Å². The third-order valence-electron chi connectivity index (χ3n) is 3.71. The summed E-state index contributed by atoms with van der Waals surface area (Å²) >= 11 is 0. The minimum Gasteiger partial charge on any atom is -0.495 e. The average Bonchev–Trinajstić information content (AvgIpc) is 2.61. The maximum Gasteiger partial charge on any atom is 0.303 e. The summed E-state index contributed by atoms with van der Waals surface area (Å²) < 4.78 is 5.30. The molecule has 26 heavy (non-hydrogen) atoms. The number of unbranched alkanes of at least 4 members (excludes halogenated alkanes) is 2. The highest BCUT2D eigenvalue weighted by molar-refractivity contribution is 6.01. The van der Waals surface area contributed by atoms with Crippen molar-refractivity contribution >= 4 is 23.6 Å².